The summed E-state index contributed by atoms with van der Waals surface area (Å²) in [4.78, 5) is 28.2. The molecule has 156 valence electrons. The molecule has 1 saturated heterocycles. The molecule has 0 radical (unpaired) electrons. The molecule has 1 aromatic rings. The predicted octanol–water partition coefficient (Wildman–Crippen LogP) is 1.45. The lowest BCUT2D eigenvalue weighted by molar-refractivity contribution is -0.131. The summed E-state index contributed by atoms with van der Waals surface area (Å²) in [5.41, 5.74) is 1.15. The molecule has 0 spiro atoms. The largest absolute Gasteiger partial charge is 0.368 e. The van der Waals surface area contributed by atoms with Gasteiger partial charge in [-0.2, -0.15) is 0 Å². The first-order chi connectivity index (χ1) is 13.4. The number of nitrogens with one attached hydrogen (secondary N) is 1. The van der Waals surface area contributed by atoms with E-state index < -0.39 is 21.5 Å². The summed E-state index contributed by atoms with van der Waals surface area (Å²) in [7, 11) is -3.37. The minimum Gasteiger partial charge on any atom is -0.368 e. The topological polar surface area (TPSA) is 86.8 Å². The normalized spacial score (nSPS) is 14.8. The summed E-state index contributed by atoms with van der Waals surface area (Å²) >= 11 is 0. The van der Waals surface area contributed by atoms with Crippen molar-refractivity contribution in [1.82, 2.24) is 10.2 Å². The fourth-order valence-corrected chi connectivity index (χ4v) is 4.50. The second-order valence-corrected chi connectivity index (χ2v) is 9.29. The number of amides is 2. The van der Waals surface area contributed by atoms with E-state index in [0.29, 0.717) is 19.5 Å². The van der Waals surface area contributed by atoms with Gasteiger partial charge in [-0.15, -0.1) is 0 Å². The molecule has 0 bridgehead atoms. The van der Waals surface area contributed by atoms with Crippen molar-refractivity contribution in [3.63, 3.8) is 0 Å². The van der Waals surface area contributed by atoms with Crippen LogP contribution in [0, 0.1) is 0 Å². The van der Waals surface area contributed by atoms with Gasteiger partial charge in [0.05, 0.1) is 5.75 Å². The Morgan fingerprint density at radius 2 is 1.71 bits per heavy atom. The van der Waals surface area contributed by atoms with Crippen molar-refractivity contribution in [2.24, 2.45) is 0 Å². The maximum Gasteiger partial charge on any atom is 0.235 e. The lowest BCUT2D eigenvalue weighted by Crippen LogP contribution is -2.49. The average Bonchev–Trinajstić information content (AvgIpc) is 2.68. The molecule has 7 nitrogen and oxygen atoms in total. The zero-order valence-electron chi connectivity index (χ0n) is 16.6. The Bertz CT molecular complexity index is 729. The Morgan fingerprint density at radius 1 is 1.04 bits per heavy atom. The molecule has 2 rings (SSSR count). The minimum atomic E-state index is -3.37. The fraction of sp³-hybridized carbons (Fsp3) is 0.600. The standard InChI is InChI=1S/C20H31N3O4S/c1-2-3-7-16-28(26,27)17-19(24)21-11-10-20(25)23-14-12-22(13-15-23)18-8-5-4-6-9-18/h4-6,8-9H,2-3,7,10-17H2,1H3,(H,21,24). The molecule has 2 amide bonds. The van der Waals surface area contributed by atoms with Gasteiger partial charge in [-0.1, -0.05) is 38.0 Å². The van der Waals surface area contributed by atoms with Crippen LogP contribution in [-0.4, -0.2) is 69.4 Å². The van der Waals surface area contributed by atoms with Crippen molar-refractivity contribution in [3.8, 4) is 0 Å². The third kappa shape index (κ3) is 7.50. The summed E-state index contributed by atoms with van der Waals surface area (Å²) < 4.78 is 23.7. The molecule has 1 aromatic carbocycles. The fourth-order valence-electron chi connectivity index (χ4n) is 3.21. The molecule has 8 heteroatoms. The van der Waals surface area contributed by atoms with Crippen molar-refractivity contribution in [1.29, 1.82) is 0 Å². The molecule has 1 N–H and O–H groups in total. The van der Waals surface area contributed by atoms with Crippen LogP contribution in [0.3, 0.4) is 0 Å². The van der Waals surface area contributed by atoms with Gasteiger partial charge < -0.3 is 15.1 Å². The van der Waals surface area contributed by atoms with E-state index in [1.165, 1.54) is 0 Å². The van der Waals surface area contributed by atoms with Crippen LogP contribution in [0.2, 0.25) is 0 Å². The monoisotopic (exact) mass is 409 g/mol. The number of anilines is 1. The Hall–Kier alpha value is -2.09. The van der Waals surface area contributed by atoms with E-state index in [4.69, 9.17) is 0 Å². The Labute approximate surface area is 168 Å². The van der Waals surface area contributed by atoms with E-state index in [-0.39, 0.29) is 24.6 Å². The van der Waals surface area contributed by atoms with Gasteiger partial charge >= 0.3 is 0 Å². The molecule has 1 fully saturated rings. The smallest absolute Gasteiger partial charge is 0.235 e. The van der Waals surface area contributed by atoms with Crippen molar-refractivity contribution in [3.05, 3.63) is 30.3 Å². The summed E-state index contributed by atoms with van der Waals surface area (Å²) in [5.74, 6) is -1.00. The number of unbranched alkanes of at least 4 members (excludes halogenated alkanes) is 2. The Morgan fingerprint density at radius 3 is 2.36 bits per heavy atom. The molecular weight excluding hydrogens is 378 g/mol. The SMILES string of the molecule is CCCCCS(=O)(=O)CC(=O)NCCC(=O)N1CCN(c2ccccc2)CC1. The van der Waals surface area contributed by atoms with E-state index >= 15 is 0 Å². The van der Waals surface area contributed by atoms with E-state index in [1.54, 1.807) is 4.90 Å². The third-order valence-electron chi connectivity index (χ3n) is 4.82. The van der Waals surface area contributed by atoms with Gasteiger partial charge in [-0.25, -0.2) is 8.42 Å². The highest BCUT2D eigenvalue weighted by molar-refractivity contribution is 7.92. The lowest BCUT2D eigenvalue weighted by atomic mass is 10.2. The van der Waals surface area contributed by atoms with Crippen LogP contribution in [-0.2, 0) is 19.4 Å². The van der Waals surface area contributed by atoms with Crippen LogP contribution in [0.1, 0.15) is 32.6 Å². The maximum absolute atomic E-state index is 12.3. The first kappa shape index (κ1) is 22.2. The first-order valence-electron chi connectivity index (χ1n) is 9.96. The molecule has 0 saturated carbocycles. The Balaban J connectivity index is 1.65. The number of sulfone groups is 1. The molecule has 0 unspecified atom stereocenters. The maximum atomic E-state index is 12.3. The summed E-state index contributed by atoms with van der Waals surface area (Å²) in [6.07, 6.45) is 2.54. The summed E-state index contributed by atoms with van der Waals surface area (Å²) in [6, 6.07) is 10.1. The van der Waals surface area contributed by atoms with Crippen molar-refractivity contribution in [2.45, 2.75) is 32.6 Å². The zero-order chi connectivity index (χ0) is 20.4. The van der Waals surface area contributed by atoms with Crippen LogP contribution in [0.4, 0.5) is 5.69 Å². The second kappa shape index (κ2) is 11.0. The molecule has 0 atom stereocenters. The molecule has 0 aromatic heterocycles. The number of rotatable bonds is 10. The van der Waals surface area contributed by atoms with Gasteiger partial charge in [0.25, 0.3) is 0 Å². The summed E-state index contributed by atoms with van der Waals surface area (Å²) in [5, 5.41) is 2.56. The molecule has 0 aliphatic carbocycles. The van der Waals surface area contributed by atoms with Gasteiger partial charge in [-0.05, 0) is 18.6 Å². The molecule has 1 heterocycles. The van der Waals surface area contributed by atoms with Gasteiger partial charge in [0, 0.05) is 44.8 Å². The minimum absolute atomic E-state index is 0.0150. The quantitative estimate of drug-likeness (QED) is 0.591. The van der Waals surface area contributed by atoms with Crippen molar-refractivity contribution >= 4 is 27.3 Å². The number of carbonyl (C=O) groups excluding carboxylic acids is 2. The Kier molecular flexibility index (Phi) is 8.76. The average molecular weight is 410 g/mol. The van der Waals surface area contributed by atoms with E-state index in [9.17, 15) is 18.0 Å². The number of carbonyl (C=O) groups is 2. The predicted molar refractivity (Wildman–Crippen MR) is 111 cm³/mol. The lowest BCUT2D eigenvalue weighted by Gasteiger charge is -2.36. The van der Waals surface area contributed by atoms with E-state index in [1.807, 2.05) is 25.1 Å². The van der Waals surface area contributed by atoms with E-state index in [2.05, 4.69) is 22.3 Å². The number of hydrogen-bond donors (Lipinski definition) is 1. The van der Waals surface area contributed by atoms with Crippen LogP contribution in [0.25, 0.3) is 0 Å². The molecular formula is C20H31N3O4S. The van der Waals surface area contributed by atoms with Crippen LogP contribution < -0.4 is 10.2 Å². The number of benzene rings is 1. The molecule has 1 aliphatic heterocycles. The highest BCUT2D eigenvalue weighted by atomic mass is 32.2. The molecule has 1 aliphatic rings. The van der Waals surface area contributed by atoms with Crippen LogP contribution >= 0.6 is 0 Å². The molecule has 28 heavy (non-hydrogen) atoms. The van der Waals surface area contributed by atoms with Gasteiger partial charge in [-0.3, -0.25) is 9.59 Å². The van der Waals surface area contributed by atoms with Crippen molar-refractivity contribution in [2.75, 3.05) is 49.1 Å². The number of nitrogens with zero attached hydrogens (tertiary/aromatic N) is 2. The first-order valence-corrected chi connectivity index (χ1v) is 11.8. The number of para-hydroxylation sites is 1. The number of hydrogen-bond acceptors (Lipinski definition) is 5. The highest BCUT2D eigenvalue weighted by Gasteiger charge is 2.21. The van der Waals surface area contributed by atoms with Gasteiger partial charge in [0.15, 0.2) is 9.84 Å². The highest BCUT2D eigenvalue weighted by Crippen LogP contribution is 2.15. The van der Waals surface area contributed by atoms with Crippen LogP contribution in [0.5, 0.6) is 0 Å². The number of piperazine rings is 1. The summed E-state index contributed by atoms with van der Waals surface area (Å²) in [6.45, 7) is 5.01. The van der Waals surface area contributed by atoms with E-state index in [0.717, 1.165) is 31.6 Å². The van der Waals surface area contributed by atoms with Crippen LogP contribution in [0.15, 0.2) is 30.3 Å². The van der Waals surface area contributed by atoms with Crippen molar-refractivity contribution < 1.29 is 18.0 Å². The second-order valence-electron chi connectivity index (χ2n) is 7.10. The van der Waals surface area contributed by atoms with Gasteiger partial charge in [0.2, 0.25) is 11.8 Å². The third-order valence-corrected chi connectivity index (χ3v) is 6.44. The zero-order valence-corrected chi connectivity index (χ0v) is 17.4. The van der Waals surface area contributed by atoms with Gasteiger partial charge in [0.1, 0.15) is 5.75 Å².